The fraction of sp³-hybridized carbons (Fsp3) is 0.286. The summed E-state index contributed by atoms with van der Waals surface area (Å²) in [6, 6.07) is 17.6. The second-order valence-electron chi connectivity index (χ2n) is 8.76. The van der Waals surface area contributed by atoms with Crippen LogP contribution in [-0.2, 0) is 0 Å². The van der Waals surface area contributed by atoms with E-state index in [0.717, 1.165) is 35.5 Å². The van der Waals surface area contributed by atoms with E-state index in [4.69, 9.17) is 19.2 Å². The SMILES string of the molecule is COc1ccc(C(=O)N2CCC(n3c(-c4ccc(OC)c(OC)c4)nc4cc(F)ccc43)CC2)cc1. The highest BCUT2D eigenvalue weighted by molar-refractivity contribution is 5.94. The molecule has 36 heavy (non-hydrogen) atoms. The van der Waals surface area contributed by atoms with E-state index >= 15 is 0 Å². The van der Waals surface area contributed by atoms with Crippen LogP contribution in [-0.4, -0.2) is 54.8 Å². The molecule has 1 aromatic heterocycles. The van der Waals surface area contributed by atoms with Crippen molar-refractivity contribution in [3.05, 3.63) is 72.0 Å². The monoisotopic (exact) mass is 489 g/mol. The van der Waals surface area contributed by atoms with E-state index in [-0.39, 0.29) is 17.8 Å². The molecule has 4 aromatic rings. The molecule has 0 spiro atoms. The zero-order valence-corrected chi connectivity index (χ0v) is 20.5. The molecule has 0 bridgehead atoms. The molecule has 5 rings (SSSR count). The smallest absolute Gasteiger partial charge is 0.253 e. The molecule has 1 aliphatic rings. The Kier molecular flexibility index (Phi) is 6.50. The lowest BCUT2D eigenvalue weighted by Gasteiger charge is -2.33. The van der Waals surface area contributed by atoms with E-state index < -0.39 is 0 Å². The molecule has 8 heteroatoms. The normalized spacial score (nSPS) is 14.2. The number of carbonyl (C=O) groups excluding carboxylic acids is 1. The number of carbonyl (C=O) groups is 1. The lowest BCUT2D eigenvalue weighted by Crippen LogP contribution is -2.39. The third-order valence-electron chi connectivity index (χ3n) is 6.75. The number of halogens is 1. The Bertz CT molecular complexity index is 1390. The summed E-state index contributed by atoms with van der Waals surface area (Å²) in [5.74, 6) is 2.35. The van der Waals surface area contributed by atoms with Gasteiger partial charge in [-0.15, -0.1) is 0 Å². The average molecular weight is 490 g/mol. The predicted molar refractivity (Wildman–Crippen MR) is 135 cm³/mol. The second kappa shape index (κ2) is 9.89. The molecule has 7 nitrogen and oxygen atoms in total. The summed E-state index contributed by atoms with van der Waals surface area (Å²) in [5.41, 5.74) is 2.95. The van der Waals surface area contributed by atoms with E-state index in [9.17, 15) is 9.18 Å². The first-order valence-corrected chi connectivity index (χ1v) is 11.9. The van der Waals surface area contributed by atoms with Gasteiger partial charge in [-0.1, -0.05) is 0 Å². The number of piperidine rings is 1. The molecule has 0 radical (unpaired) electrons. The fourth-order valence-corrected chi connectivity index (χ4v) is 4.86. The minimum atomic E-state index is -0.328. The van der Waals surface area contributed by atoms with Crippen molar-refractivity contribution < 1.29 is 23.4 Å². The van der Waals surface area contributed by atoms with Gasteiger partial charge in [0.15, 0.2) is 11.5 Å². The number of methoxy groups -OCH3 is 3. The first-order chi connectivity index (χ1) is 17.5. The molecule has 1 amide bonds. The highest BCUT2D eigenvalue weighted by atomic mass is 19.1. The number of hydrogen-bond donors (Lipinski definition) is 0. The van der Waals surface area contributed by atoms with Crippen molar-refractivity contribution in [2.24, 2.45) is 0 Å². The number of hydrogen-bond acceptors (Lipinski definition) is 5. The molecule has 0 atom stereocenters. The largest absolute Gasteiger partial charge is 0.497 e. The molecule has 1 aliphatic heterocycles. The van der Waals surface area contributed by atoms with Crippen molar-refractivity contribution in [1.82, 2.24) is 14.5 Å². The van der Waals surface area contributed by atoms with Gasteiger partial charge in [0.1, 0.15) is 17.4 Å². The zero-order chi connectivity index (χ0) is 25.2. The van der Waals surface area contributed by atoms with Crippen LogP contribution in [0.1, 0.15) is 29.2 Å². The van der Waals surface area contributed by atoms with Gasteiger partial charge in [-0.05, 0) is 67.4 Å². The van der Waals surface area contributed by atoms with Gasteiger partial charge in [-0.2, -0.15) is 0 Å². The summed E-state index contributed by atoms with van der Waals surface area (Å²) in [6.45, 7) is 1.23. The summed E-state index contributed by atoms with van der Waals surface area (Å²) >= 11 is 0. The molecule has 0 N–H and O–H groups in total. The van der Waals surface area contributed by atoms with E-state index in [1.54, 1.807) is 51.7 Å². The van der Waals surface area contributed by atoms with Crippen LogP contribution >= 0.6 is 0 Å². The molecule has 1 saturated heterocycles. The number of likely N-dealkylation sites (tertiary alicyclic amines) is 1. The van der Waals surface area contributed by atoms with Crippen molar-refractivity contribution in [2.75, 3.05) is 34.4 Å². The van der Waals surface area contributed by atoms with Crippen LogP contribution in [0.5, 0.6) is 17.2 Å². The standard InChI is InChI=1S/C28H28FN3O4/c1-34-22-8-4-18(5-9-22)28(33)31-14-12-21(13-15-31)32-24-10-7-20(29)17-23(24)30-27(32)19-6-11-25(35-2)26(16-19)36-3/h4-11,16-17,21H,12-15H2,1-3H3. The molecule has 0 aliphatic carbocycles. The van der Waals surface area contributed by atoms with Gasteiger partial charge in [0.25, 0.3) is 5.91 Å². The molecule has 3 aromatic carbocycles. The summed E-state index contributed by atoms with van der Waals surface area (Å²) < 4.78 is 32.3. The summed E-state index contributed by atoms with van der Waals surface area (Å²) in [6.07, 6.45) is 1.51. The number of nitrogens with zero attached hydrogens (tertiary/aromatic N) is 3. The molecule has 0 unspecified atom stereocenters. The van der Waals surface area contributed by atoms with Gasteiger partial charge in [-0.25, -0.2) is 9.37 Å². The number of imidazole rings is 1. The molecular formula is C28H28FN3O4. The number of benzene rings is 3. The maximum absolute atomic E-state index is 14.1. The van der Waals surface area contributed by atoms with Crippen LogP contribution in [0.3, 0.4) is 0 Å². The quantitative estimate of drug-likeness (QED) is 0.366. The number of fused-ring (bicyclic) bond motifs is 1. The second-order valence-corrected chi connectivity index (χ2v) is 8.76. The van der Waals surface area contributed by atoms with Gasteiger partial charge in [0, 0.05) is 36.3 Å². The van der Waals surface area contributed by atoms with Crippen molar-refractivity contribution in [2.45, 2.75) is 18.9 Å². The molecular weight excluding hydrogens is 461 g/mol. The Balaban J connectivity index is 1.45. The van der Waals surface area contributed by atoms with Crippen LogP contribution in [0.2, 0.25) is 0 Å². The van der Waals surface area contributed by atoms with Crippen molar-refractivity contribution in [1.29, 1.82) is 0 Å². The van der Waals surface area contributed by atoms with Crippen LogP contribution in [0.15, 0.2) is 60.7 Å². The third kappa shape index (κ3) is 4.34. The number of amides is 1. The number of aromatic nitrogens is 2. The van der Waals surface area contributed by atoms with E-state index in [1.807, 2.05) is 23.1 Å². The Labute approximate surface area is 209 Å². The molecule has 1 fully saturated rings. The van der Waals surface area contributed by atoms with Crippen LogP contribution in [0, 0.1) is 5.82 Å². The first-order valence-electron chi connectivity index (χ1n) is 11.9. The van der Waals surface area contributed by atoms with Gasteiger partial charge in [0.2, 0.25) is 0 Å². The van der Waals surface area contributed by atoms with Crippen molar-refractivity contribution in [3.8, 4) is 28.6 Å². The predicted octanol–water partition coefficient (Wildman–Crippen LogP) is 5.35. The topological polar surface area (TPSA) is 65.8 Å². The third-order valence-corrected chi connectivity index (χ3v) is 6.75. The Morgan fingerprint density at radius 1 is 0.889 bits per heavy atom. The summed E-state index contributed by atoms with van der Waals surface area (Å²) in [4.78, 5) is 19.7. The Hall–Kier alpha value is -4.07. The highest BCUT2D eigenvalue weighted by Crippen LogP contribution is 2.37. The van der Waals surface area contributed by atoms with Crippen LogP contribution < -0.4 is 14.2 Å². The highest BCUT2D eigenvalue weighted by Gasteiger charge is 2.28. The maximum atomic E-state index is 14.1. The van der Waals surface area contributed by atoms with E-state index in [1.165, 1.54) is 12.1 Å². The summed E-state index contributed by atoms with van der Waals surface area (Å²) in [5, 5.41) is 0. The molecule has 0 saturated carbocycles. The van der Waals surface area contributed by atoms with Crippen molar-refractivity contribution in [3.63, 3.8) is 0 Å². The van der Waals surface area contributed by atoms with Crippen LogP contribution in [0.4, 0.5) is 4.39 Å². The minimum Gasteiger partial charge on any atom is -0.497 e. The minimum absolute atomic E-state index is 0.00813. The van der Waals surface area contributed by atoms with E-state index in [0.29, 0.717) is 35.7 Å². The van der Waals surface area contributed by atoms with E-state index in [2.05, 4.69) is 4.57 Å². The van der Waals surface area contributed by atoms with Crippen LogP contribution in [0.25, 0.3) is 22.4 Å². The number of rotatable bonds is 6. The summed E-state index contributed by atoms with van der Waals surface area (Å²) in [7, 11) is 4.79. The Morgan fingerprint density at radius 3 is 2.28 bits per heavy atom. The lowest BCUT2D eigenvalue weighted by atomic mass is 10.0. The average Bonchev–Trinajstić information content (AvgIpc) is 3.30. The maximum Gasteiger partial charge on any atom is 0.253 e. The lowest BCUT2D eigenvalue weighted by molar-refractivity contribution is 0.0696. The van der Waals surface area contributed by atoms with Gasteiger partial charge in [-0.3, -0.25) is 4.79 Å². The van der Waals surface area contributed by atoms with Crippen molar-refractivity contribution >= 4 is 16.9 Å². The first kappa shape index (κ1) is 23.7. The number of ether oxygens (including phenoxy) is 3. The molecule has 186 valence electrons. The van der Waals surface area contributed by atoms with Gasteiger partial charge in [0.05, 0.1) is 32.4 Å². The van der Waals surface area contributed by atoms with Gasteiger partial charge < -0.3 is 23.7 Å². The zero-order valence-electron chi connectivity index (χ0n) is 20.5. The van der Waals surface area contributed by atoms with Gasteiger partial charge >= 0.3 is 0 Å². The Morgan fingerprint density at radius 2 is 1.61 bits per heavy atom. The molecule has 2 heterocycles. The fourth-order valence-electron chi connectivity index (χ4n) is 4.86.